The molecule has 1 saturated heterocycles. The number of rotatable bonds is 3. The van der Waals surface area contributed by atoms with Crippen LogP contribution in [0.2, 0.25) is 0 Å². The molecule has 1 fully saturated rings. The summed E-state index contributed by atoms with van der Waals surface area (Å²) < 4.78 is 15.1. The molecule has 4 heterocycles. The standard InChI is InChI=1S/C20H17FN6O/c21-14-8-6-13(7-9-14)15-12-16(23-22-15)20(28)26-11-3-4-17(26)19-25-24-18-5-1-2-10-27(18)19/h1-2,5-10,12,17H,3-4,11H2,(H,22,23). The first kappa shape index (κ1) is 16.6. The van der Waals surface area contributed by atoms with Crippen molar-refractivity contribution in [1.82, 2.24) is 29.7 Å². The quantitative estimate of drug-likeness (QED) is 0.595. The zero-order valence-electron chi connectivity index (χ0n) is 14.9. The van der Waals surface area contributed by atoms with Gasteiger partial charge in [-0.2, -0.15) is 5.10 Å². The first-order valence-corrected chi connectivity index (χ1v) is 9.13. The van der Waals surface area contributed by atoms with Crippen LogP contribution in [-0.4, -0.2) is 42.1 Å². The van der Waals surface area contributed by atoms with Crippen molar-refractivity contribution in [1.29, 1.82) is 0 Å². The minimum absolute atomic E-state index is 0.129. The molecular formula is C20H17FN6O. The number of benzene rings is 1. The summed E-state index contributed by atoms with van der Waals surface area (Å²) in [5.74, 6) is 0.326. The van der Waals surface area contributed by atoms with Crippen molar-refractivity contribution in [2.24, 2.45) is 0 Å². The molecule has 1 amide bonds. The zero-order chi connectivity index (χ0) is 19.1. The number of pyridine rings is 1. The van der Waals surface area contributed by atoms with Crippen LogP contribution in [0.25, 0.3) is 16.9 Å². The summed E-state index contributed by atoms with van der Waals surface area (Å²) >= 11 is 0. The number of hydrogen-bond donors (Lipinski definition) is 1. The Labute approximate surface area is 159 Å². The highest BCUT2D eigenvalue weighted by atomic mass is 19.1. The highest BCUT2D eigenvalue weighted by molar-refractivity contribution is 5.93. The Balaban J connectivity index is 1.44. The van der Waals surface area contributed by atoms with Crippen LogP contribution in [0.15, 0.2) is 54.7 Å². The molecule has 140 valence electrons. The number of hydrogen-bond acceptors (Lipinski definition) is 4. The number of nitrogens with zero attached hydrogens (tertiary/aromatic N) is 5. The van der Waals surface area contributed by atoms with Crippen LogP contribution in [0.1, 0.15) is 35.2 Å². The van der Waals surface area contributed by atoms with E-state index in [2.05, 4.69) is 20.4 Å². The Kier molecular flexibility index (Phi) is 3.89. The lowest BCUT2D eigenvalue weighted by Gasteiger charge is -2.22. The van der Waals surface area contributed by atoms with Crippen molar-refractivity contribution in [2.75, 3.05) is 6.54 Å². The van der Waals surface area contributed by atoms with E-state index >= 15 is 0 Å². The van der Waals surface area contributed by atoms with Crippen LogP contribution >= 0.6 is 0 Å². The van der Waals surface area contributed by atoms with E-state index in [4.69, 9.17) is 0 Å². The van der Waals surface area contributed by atoms with Gasteiger partial charge in [-0.05, 0) is 55.3 Å². The second-order valence-electron chi connectivity index (χ2n) is 6.82. The SMILES string of the molecule is O=C(c1cc(-c2ccc(F)cc2)n[nH]1)N1CCCC1c1nnc2ccccn12. The zero-order valence-corrected chi connectivity index (χ0v) is 14.9. The highest BCUT2D eigenvalue weighted by Gasteiger charge is 2.34. The third kappa shape index (κ3) is 2.74. The fourth-order valence-electron chi connectivity index (χ4n) is 3.72. The average molecular weight is 376 g/mol. The molecule has 5 rings (SSSR count). The molecular weight excluding hydrogens is 359 g/mol. The first-order chi connectivity index (χ1) is 13.7. The van der Waals surface area contributed by atoms with Crippen LogP contribution < -0.4 is 0 Å². The lowest BCUT2D eigenvalue weighted by atomic mass is 10.1. The molecule has 1 aliphatic heterocycles. The number of likely N-dealkylation sites (tertiary alicyclic amines) is 1. The van der Waals surface area contributed by atoms with Gasteiger partial charge in [0, 0.05) is 18.3 Å². The molecule has 1 aromatic carbocycles. The van der Waals surface area contributed by atoms with Crippen LogP contribution in [0.4, 0.5) is 4.39 Å². The molecule has 0 bridgehead atoms. The monoisotopic (exact) mass is 376 g/mol. The topological polar surface area (TPSA) is 79.2 Å². The summed E-state index contributed by atoms with van der Waals surface area (Å²) in [6.45, 7) is 0.649. The van der Waals surface area contributed by atoms with Crippen molar-refractivity contribution in [2.45, 2.75) is 18.9 Å². The van der Waals surface area contributed by atoms with Gasteiger partial charge in [-0.15, -0.1) is 10.2 Å². The number of aromatic amines is 1. The van der Waals surface area contributed by atoms with E-state index in [0.717, 1.165) is 29.9 Å². The van der Waals surface area contributed by atoms with Crippen LogP contribution in [0, 0.1) is 5.82 Å². The maximum absolute atomic E-state index is 13.1. The van der Waals surface area contributed by atoms with E-state index in [0.29, 0.717) is 17.9 Å². The molecule has 0 spiro atoms. The lowest BCUT2D eigenvalue weighted by Crippen LogP contribution is -2.31. The minimum atomic E-state index is -0.309. The predicted octanol–water partition coefficient (Wildman–Crippen LogP) is 3.24. The molecule has 1 N–H and O–H groups in total. The second kappa shape index (κ2) is 6.56. The number of nitrogens with one attached hydrogen (secondary N) is 1. The number of aromatic nitrogens is 5. The van der Waals surface area contributed by atoms with Gasteiger partial charge in [0.05, 0.1) is 11.7 Å². The lowest BCUT2D eigenvalue weighted by molar-refractivity contribution is 0.0723. The van der Waals surface area contributed by atoms with Crippen LogP contribution in [0.3, 0.4) is 0 Å². The maximum atomic E-state index is 13.1. The summed E-state index contributed by atoms with van der Waals surface area (Å²) in [4.78, 5) is 14.9. The van der Waals surface area contributed by atoms with Crippen molar-refractivity contribution in [3.8, 4) is 11.3 Å². The Bertz CT molecular complexity index is 1150. The third-order valence-corrected chi connectivity index (χ3v) is 5.10. The van der Waals surface area contributed by atoms with Gasteiger partial charge in [-0.25, -0.2) is 4.39 Å². The molecule has 7 nitrogen and oxygen atoms in total. The van der Waals surface area contributed by atoms with E-state index in [1.807, 2.05) is 33.7 Å². The fourth-order valence-corrected chi connectivity index (χ4v) is 3.72. The first-order valence-electron chi connectivity index (χ1n) is 9.13. The number of H-pyrrole nitrogens is 1. The van der Waals surface area contributed by atoms with E-state index < -0.39 is 0 Å². The Morgan fingerprint density at radius 3 is 2.86 bits per heavy atom. The molecule has 28 heavy (non-hydrogen) atoms. The molecule has 4 aromatic rings. The largest absolute Gasteiger partial charge is 0.327 e. The smallest absolute Gasteiger partial charge is 0.272 e. The fraction of sp³-hybridized carbons (Fsp3) is 0.200. The summed E-state index contributed by atoms with van der Waals surface area (Å²) in [5, 5.41) is 15.6. The number of fused-ring (bicyclic) bond motifs is 1. The minimum Gasteiger partial charge on any atom is -0.327 e. The molecule has 0 aliphatic carbocycles. The average Bonchev–Trinajstić information content (AvgIpc) is 3.46. The molecule has 1 aliphatic rings. The predicted molar refractivity (Wildman–Crippen MR) is 100.0 cm³/mol. The normalized spacial score (nSPS) is 16.8. The molecule has 0 saturated carbocycles. The van der Waals surface area contributed by atoms with Crippen LogP contribution in [-0.2, 0) is 0 Å². The van der Waals surface area contributed by atoms with Crippen molar-refractivity contribution < 1.29 is 9.18 Å². The summed E-state index contributed by atoms with van der Waals surface area (Å²) in [5.41, 5.74) is 2.52. The molecule has 3 aromatic heterocycles. The number of carbonyl (C=O) groups is 1. The van der Waals surface area contributed by atoms with Crippen molar-refractivity contribution in [3.63, 3.8) is 0 Å². The number of amides is 1. The number of halogens is 1. The maximum Gasteiger partial charge on any atom is 0.272 e. The van der Waals surface area contributed by atoms with E-state index in [1.165, 1.54) is 12.1 Å². The summed E-state index contributed by atoms with van der Waals surface area (Å²) in [6.07, 6.45) is 3.64. The van der Waals surface area contributed by atoms with Gasteiger partial charge < -0.3 is 4.90 Å². The van der Waals surface area contributed by atoms with Crippen molar-refractivity contribution in [3.05, 3.63) is 72.1 Å². The highest BCUT2D eigenvalue weighted by Crippen LogP contribution is 2.32. The van der Waals surface area contributed by atoms with E-state index in [9.17, 15) is 9.18 Å². The Morgan fingerprint density at radius 1 is 1.14 bits per heavy atom. The van der Waals surface area contributed by atoms with Gasteiger partial charge in [0.1, 0.15) is 11.5 Å². The van der Waals surface area contributed by atoms with Gasteiger partial charge in [-0.3, -0.25) is 14.3 Å². The summed E-state index contributed by atoms with van der Waals surface area (Å²) in [7, 11) is 0. The van der Waals surface area contributed by atoms with Gasteiger partial charge in [-0.1, -0.05) is 6.07 Å². The van der Waals surface area contributed by atoms with Gasteiger partial charge in [0.2, 0.25) is 0 Å². The van der Waals surface area contributed by atoms with Crippen molar-refractivity contribution >= 4 is 11.6 Å². The Hall–Kier alpha value is -3.55. The second-order valence-corrected chi connectivity index (χ2v) is 6.82. The molecule has 0 radical (unpaired) electrons. The van der Waals surface area contributed by atoms with E-state index in [-0.39, 0.29) is 17.8 Å². The van der Waals surface area contributed by atoms with Gasteiger partial charge in [0.15, 0.2) is 11.5 Å². The van der Waals surface area contributed by atoms with Gasteiger partial charge in [0.25, 0.3) is 5.91 Å². The van der Waals surface area contributed by atoms with Crippen LogP contribution in [0.5, 0.6) is 0 Å². The third-order valence-electron chi connectivity index (χ3n) is 5.10. The molecule has 8 heteroatoms. The number of carbonyl (C=O) groups excluding carboxylic acids is 1. The molecule has 1 atom stereocenters. The molecule has 1 unspecified atom stereocenters. The van der Waals surface area contributed by atoms with E-state index in [1.54, 1.807) is 18.2 Å². The Morgan fingerprint density at radius 2 is 2.00 bits per heavy atom. The summed E-state index contributed by atoms with van der Waals surface area (Å²) in [6, 6.07) is 13.3. The van der Waals surface area contributed by atoms with Gasteiger partial charge >= 0.3 is 0 Å².